The molecule has 0 aliphatic carbocycles. The van der Waals surface area contributed by atoms with Gasteiger partial charge in [0, 0.05) is 26.0 Å². The first-order valence-electron chi connectivity index (χ1n) is 4.45. The first-order valence-corrected chi connectivity index (χ1v) is 4.45. The normalized spacial score (nSPS) is 10.4. The van der Waals surface area contributed by atoms with Gasteiger partial charge in [0.2, 0.25) is 0 Å². The number of nitrogens with two attached hydrogens (primary N) is 1. The third-order valence-corrected chi connectivity index (χ3v) is 2.17. The van der Waals surface area contributed by atoms with E-state index in [1.165, 1.54) is 0 Å². The van der Waals surface area contributed by atoms with Crippen LogP contribution in [0.2, 0.25) is 0 Å². The van der Waals surface area contributed by atoms with E-state index in [-0.39, 0.29) is 0 Å². The Kier molecular flexibility index (Phi) is 2.28. The van der Waals surface area contributed by atoms with Crippen molar-refractivity contribution >= 4 is 0 Å². The van der Waals surface area contributed by atoms with Crippen LogP contribution in [0, 0.1) is 0 Å². The van der Waals surface area contributed by atoms with Gasteiger partial charge in [-0.15, -0.1) is 0 Å². The van der Waals surface area contributed by atoms with Gasteiger partial charge in [-0.1, -0.05) is 6.07 Å². The van der Waals surface area contributed by atoms with E-state index in [0.29, 0.717) is 6.54 Å². The van der Waals surface area contributed by atoms with Crippen molar-refractivity contribution in [3.8, 4) is 11.4 Å². The van der Waals surface area contributed by atoms with Crippen LogP contribution in [0.15, 0.2) is 30.6 Å². The van der Waals surface area contributed by atoms with Gasteiger partial charge in [0.05, 0.1) is 11.4 Å². The third kappa shape index (κ3) is 1.40. The van der Waals surface area contributed by atoms with Gasteiger partial charge < -0.3 is 5.73 Å². The molecule has 0 amide bonds. The maximum Gasteiger partial charge on any atom is 0.0927 e. The van der Waals surface area contributed by atoms with Crippen LogP contribution >= 0.6 is 0 Å². The summed E-state index contributed by atoms with van der Waals surface area (Å²) >= 11 is 0. The van der Waals surface area contributed by atoms with Crippen molar-refractivity contribution in [2.45, 2.75) is 6.54 Å². The number of nitrogens with zero attached hydrogens (tertiary/aromatic N) is 3. The highest BCUT2D eigenvalue weighted by atomic mass is 15.3. The minimum atomic E-state index is 0.494. The summed E-state index contributed by atoms with van der Waals surface area (Å²) in [5.41, 5.74) is 8.58. The summed E-state index contributed by atoms with van der Waals surface area (Å²) in [5.74, 6) is 0. The molecule has 0 aliphatic rings. The number of rotatable bonds is 2. The summed E-state index contributed by atoms with van der Waals surface area (Å²) < 4.78 is 1.79. The highest BCUT2D eigenvalue weighted by Crippen LogP contribution is 2.19. The minimum absolute atomic E-state index is 0.494. The molecule has 0 spiro atoms. The zero-order valence-corrected chi connectivity index (χ0v) is 8.01. The van der Waals surface area contributed by atoms with E-state index >= 15 is 0 Å². The first kappa shape index (κ1) is 8.90. The molecule has 2 heterocycles. The van der Waals surface area contributed by atoms with Crippen LogP contribution in [0.5, 0.6) is 0 Å². The lowest BCUT2D eigenvalue weighted by atomic mass is 10.1. The number of hydrogen-bond donors (Lipinski definition) is 1. The molecule has 0 aliphatic heterocycles. The Labute approximate surface area is 82.4 Å². The molecule has 2 rings (SSSR count). The number of hydrogen-bond acceptors (Lipinski definition) is 3. The predicted molar refractivity (Wildman–Crippen MR) is 54.3 cm³/mol. The highest BCUT2D eigenvalue weighted by molar-refractivity contribution is 5.58. The maximum absolute atomic E-state index is 5.64. The number of aromatic nitrogens is 3. The van der Waals surface area contributed by atoms with Gasteiger partial charge in [-0.05, 0) is 17.7 Å². The second-order valence-electron chi connectivity index (χ2n) is 3.06. The van der Waals surface area contributed by atoms with Crippen molar-refractivity contribution in [1.29, 1.82) is 0 Å². The molecule has 0 fully saturated rings. The van der Waals surface area contributed by atoms with Gasteiger partial charge in [0.1, 0.15) is 0 Å². The van der Waals surface area contributed by atoms with Gasteiger partial charge >= 0.3 is 0 Å². The Balaban J connectivity index is 2.56. The average molecular weight is 188 g/mol. The quantitative estimate of drug-likeness (QED) is 0.763. The zero-order chi connectivity index (χ0) is 9.97. The average Bonchev–Trinajstić information content (AvgIpc) is 2.64. The van der Waals surface area contributed by atoms with Gasteiger partial charge in [0.15, 0.2) is 0 Å². The van der Waals surface area contributed by atoms with Crippen molar-refractivity contribution in [3.05, 3.63) is 36.2 Å². The van der Waals surface area contributed by atoms with E-state index in [0.717, 1.165) is 17.0 Å². The SMILES string of the molecule is Cn1nccc1-c1ncccc1CN. The molecular formula is C10H12N4. The molecule has 0 saturated carbocycles. The topological polar surface area (TPSA) is 56.7 Å². The summed E-state index contributed by atoms with van der Waals surface area (Å²) in [5, 5.41) is 4.10. The standard InChI is InChI=1S/C10H12N4/c1-14-9(4-6-13-14)10-8(7-11)3-2-5-12-10/h2-6H,7,11H2,1H3. The number of aryl methyl sites for hydroxylation is 1. The predicted octanol–water partition coefficient (Wildman–Crippen LogP) is 0.941. The van der Waals surface area contributed by atoms with E-state index in [9.17, 15) is 0 Å². The molecule has 14 heavy (non-hydrogen) atoms. The fraction of sp³-hybridized carbons (Fsp3) is 0.200. The molecule has 0 radical (unpaired) electrons. The summed E-state index contributed by atoms with van der Waals surface area (Å²) in [6.07, 6.45) is 3.52. The van der Waals surface area contributed by atoms with Crippen molar-refractivity contribution in [3.63, 3.8) is 0 Å². The van der Waals surface area contributed by atoms with Crippen LogP contribution in [-0.2, 0) is 13.6 Å². The molecule has 0 saturated heterocycles. The Morgan fingerprint density at radius 2 is 2.21 bits per heavy atom. The van der Waals surface area contributed by atoms with Crippen molar-refractivity contribution < 1.29 is 0 Å². The lowest BCUT2D eigenvalue weighted by Gasteiger charge is -2.05. The fourth-order valence-corrected chi connectivity index (χ4v) is 1.44. The molecule has 0 atom stereocenters. The Morgan fingerprint density at radius 1 is 1.36 bits per heavy atom. The summed E-state index contributed by atoms with van der Waals surface area (Å²) in [6, 6.07) is 5.80. The van der Waals surface area contributed by atoms with Crippen LogP contribution in [0.3, 0.4) is 0 Å². The zero-order valence-electron chi connectivity index (χ0n) is 8.01. The van der Waals surface area contributed by atoms with Crippen molar-refractivity contribution in [2.75, 3.05) is 0 Å². The molecule has 72 valence electrons. The van der Waals surface area contributed by atoms with Gasteiger partial charge in [-0.25, -0.2) is 0 Å². The van der Waals surface area contributed by atoms with Crippen molar-refractivity contribution in [1.82, 2.24) is 14.8 Å². The van der Waals surface area contributed by atoms with E-state index in [4.69, 9.17) is 5.73 Å². The molecule has 2 aromatic heterocycles. The van der Waals surface area contributed by atoms with Crippen LogP contribution in [0.25, 0.3) is 11.4 Å². The molecular weight excluding hydrogens is 176 g/mol. The summed E-state index contributed by atoms with van der Waals surface area (Å²) in [4.78, 5) is 4.31. The van der Waals surface area contributed by atoms with E-state index < -0.39 is 0 Å². The lowest BCUT2D eigenvalue weighted by Crippen LogP contribution is -2.03. The molecule has 4 heteroatoms. The second kappa shape index (κ2) is 3.59. The molecule has 0 aromatic carbocycles. The Hall–Kier alpha value is -1.68. The van der Waals surface area contributed by atoms with Crippen LogP contribution < -0.4 is 5.73 Å². The molecule has 2 N–H and O–H groups in total. The van der Waals surface area contributed by atoms with Crippen LogP contribution in [0.4, 0.5) is 0 Å². The van der Waals surface area contributed by atoms with Crippen molar-refractivity contribution in [2.24, 2.45) is 12.8 Å². The molecule has 0 bridgehead atoms. The Bertz CT molecular complexity index is 433. The minimum Gasteiger partial charge on any atom is -0.326 e. The van der Waals surface area contributed by atoms with E-state index in [2.05, 4.69) is 10.1 Å². The maximum atomic E-state index is 5.64. The second-order valence-corrected chi connectivity index (χ2v) is 3.06. The Morgan fingerprint density at radius 3 is 2.86 bits per heavy atom. The summed E-state index contributed by atoms with van der Waals surface area (Å²) in [7, 11) is 1.89. The first-order chi connectivity index (χ1) is 6.83. The molecule has 0 unspecified atom stereocenters. The largest absolute Gasteiger partial charge is 0.326 e. The van der Waals surface area contributed by atoms with Gasteiger partial charge in [-0.3, -0.25) is 9.67 Å². The molecule has 4 nitrogen and oxygen atoms in total. The van der Waals surface area contributed by atoms with E-state index in [1.807, 2.05) is 25.2 Å². The molecule has 2 aromatic rings. The van der Waals surface area contributed by atoms with Crippen LogP contribution in [-0.4, -0.2) is 14.8 Å². The fourth-order valence-electron chi connectivity index (χ4n) is 1.44. The smallest absolute Gasteiger partial charge is 0.0927 e. The lowest BCUT2D eigenvalue weighted by molar-refractivity contribution is 0.771. The van der Waals surface area contributed by atoms with Gasteiger partial charge in [-0.2, -0.15) is 5.10 Å². The van der Waals surface area contributed by atoms with Gasteiger partial charge in [0.25, 0.3) is 0 Å². The summed E-state index contributed by atoms with van der Waals surface area (Å²) in [6.45, 7) is 0.494. The van der Waals surface area contributed by atoms with Crippen LogP contribution in [0.1, 0.15) is 5.56 Å². The van der Waals surface area contributed by atoms with E-state index in [1.54, 1.807) is 17.1 Å². The monoisotopic (exact) mass is 188 g/mol. The highest BCUT2D eigenvalue weighted by Gasteiger charge is 2.07. The number of pyridine rings is 1. The third-order valence-electron chi connectivity index (χ3n) is 2.17.